The molecule has 1 heterocycles. The minimum Gasteiger partial charge on any atom is -0.384 e. The van der Waals surface area contributed by atoms with Crippen molar-refractivity contribution in [2.24, 2.45) is 5.41 Å². The van der Waals surface area contributed by atoms with Crippen LogP contribution in [0, 0.1) is 5.41 Å². The van der Waals surface area contributed by atoms with Crippen LogP contribution in [0.1, 0.15) is 23.2 Å². The van der Waals surface area contributed by atoms with E-state index in [1.165, 1.54) is 0 Å². The van der Waals surface area contributed by atoms with Gasteiger partial charge in [0.1, 0.15) is 0 Å². The van der Waals surface area contributed by atoms with E-state index in [1.807, 2.05) is 12.1 Å². The van der Waals surface area contributed by atoms with Crippen LogP contribution in [0.3, 0.4) is 0 Å². The molecule has 0 aromatic heterocycles. The number of rotatable bonds is 7. The molecule has 1 aromatic rings. The summed E-state index contributed by atoms with van der Waals surface area (Å²) in [6, 6.07) is 7.19. The summed E-state index contributed by atoms with van der Waals surface area (Å²) in [7, 11) is 1.62. The van der Waals surface area contributed by atoms with Gasteiger partial charge in [0.05, 0.1) is 12.0 Å². The van der Waals surface area contributed by atoms with Gasteiger partial charge in [-0.2, -0.15) is 0 Å². The fraction of sp³-hybridized carbons (Fsp3) is 0.529. The van der Waals surface area contributed by atoms with E-state index in [0.29, 0.717) is 25.3 Å². The minimum absolute atomic E-state index is 0. The number of carbonyl (C=O) groups is 2. The Hall–Kier alpha value is -1.15. The van der Waals surface area contributed by atoms with Gasteiger partial charge in [-0.1, -0.05) is 22.0 Å². The van der Waals surface area contributed by atoms with E-state index in [2.05, 4.69) is 31.9 Å². The van der Waals surface area contributed by atoms with Crippen molar-refractivity contribution in [3.05, 3.63) is 34.3 Å². The number of halogens is 2. The number of hydrogen-bond donors (Lipinski definition) is 3. The molecule has 1 aliphatic heterocycles. The molecule has 0 unspecified atom stereocenters. The molecule has 0 saturated carbocycles. The molecule has 1 saturated heterocycles. The Labute approximate surface area is 163 Å². The highest BCUT2D eigenvalue weighted by Gasteiger charge is 2.39. The Morgan fingerprint density at radius 2 is 1.92 bits per heavy atom. The number of methoxy groups -OCH3 is 1. The Morgan fingerprint density at radius 1 is 1.24 bits per heavy atom. The molecule has 0 radical (unpaired) electrons. The number of amides is 2. The second kappa shape index (κ2) is 10.8. The molecule has 25 heavy (non-hydrogen) atoms. The second-order valence-corrected chi connectivity index (χ2v) is 6.90. The number of benzene rings is 1. The summed E-state index contributed by atoms with van der Waals surface area (Å²) in [5.41, 5.74) is 0.124. The molecular weight excluding hydrogens is 410 g/mol. The highest BCUT2D eigenvalue weighted by Crippen LogP contribution is 2.29. The lowest BCUT2D eigenvalue weighted by Crippen LogP contribution is -2.51. The normalized spacial score (nSPS) is 15.8. The summed E-state index contributed by atoms with van der Waals surface area (Å²) >= 11 is 3.34. The number of hydrogen-bond acceptors (Lipinski definition) is 4. The van der Waals surface area contributed by atoms with Gasteiger partial charge < -0.3 is 20.7 Å². The molecule has 8 heteroatoms. The average molecular weight is 435 g/mol. The molecule has 0 spiro atoms. The van der Waals surface area contributed by atoms with Crippen LogP contribution in [-0.4, -0.2) is 51.7 Å². The first kappa shape index (κ1) is 21.9. The summed E-state index contributed by atoms with van der Waals surface area (Å²) < 4.78 is 6.11. The van der Waals surface area contributed by atoms with E-state index in [4.69, 9.17) is 4.74 Å². The molecular formula is C17H25BrClN3O3. The molecule has 2 amide bonds. The number of nitrogens with one attached hydrogen (secondary N) is 3. The van der Waals surface area contributed by atoms with E-state index in [1.54, 1.807) is 19.2 Å². The van der Waals surface area contributed by atoms with Crippen LogP contribution in [0.25, 0.3) is 0 Å². The molecule has 140 valence electrons. The highest BCUT2D eigenvalue weighted by molar-refractivity contribution is 9.10. The van der Waals surface area contributed by atoms with Gasteiger partial charge in [-0.15, -0.1) is 12.4 Å². The zero-order chi connectivity index (χ0) is 17.4. The van der Waals surface area contributed by atoms with E-state index in [0.717, 1.165) is 30.4 Å². The molecule has 1 aromatic carbocycles. The van der Waals surface area contributed by atoms with Crippen molar-refractivity contribution >= 4 is 40.2 Å². The summed E-state index contributed by atoms with van der Waals surface area (Å²) in [5.74, 6) is -0.151. The predicted octanol–water partition coefficient (Wildman–Crippen LogP) is 1.73. The van der Waals surface area contributed by atoms with Crippen LogP contribution < -0.4 is 16.0 Å². The maximum absolute atomic E-state index is 12.5. The van der Waals surface area contributed by atoms with E-state index in [9.17, 15) is 9.59 Å². The first-order valence-corrected chi connectivity index (χ1v) is 8.88. The van der Waals surface area contributed by atoms with Crippen molar-refractivity contribution in [1.82, 2.24) is 16.0 Å². The van der Waals surface area contributed by atoms with Gasteiger partial charge in [0.25, 0.3) is 5.91 Å². The third-order valence-electron chi connectivity index (χ3n) is 4.25. The Morgan fingerprint density at radius 3 is 2.56 bits per heavy atom. The molecule has 0 atom stereocenters. The van der Waals surface area contributed by atoms with Crippen LogP contribution in [-0.2, 0) is 9.53 Å². The highest BCUT2D eigenvalue weighted by atomic mass is 79.9. The molecule has 6 nitrogen and oxygen atoms in total. The quantitative estimate of drug-likeness (QED) is 0.571. The van der Waals surface area contributed by atoms with Gasteiger partial charge in [0.15, 0.2) is 0 Å². The number of piperidine rings is 1. The Kier molecular flexibility index (Phi) is 9.42. The maximum Gasteiger partial charge on any atom is 0.251 e. The average Bonchev–Trinajstić information content (AvgIpc) is 2.59. The zero-order valence-corrected chi connectivity index (χ0v) is 16.7. The van der Waals surface area contributed by atoms with Gasteiger partial charge in [-0.05, 0) is 44.1 Å². The molecule has 2 rings (SSSR count). The minimum atomic E-state index is -0.464. The zero-order valence-electron chi connectivity index (χ0n) is 14.3. The van der Waals surface area contributed by atoms with Crippen molar-refractivity contribution in [1.29, 1.82) is 0 Å². The van der Waals surface area contributed by atoms with Gasteiger partial charge in [0.2, 0.25) is 5.91 Å². The first-order valence-electron chi connectivity index (χ1n) is 8.09. The van der Waals surface area contributed by atoms with Crippen molar-refractivity contribution in [3.63, 3.8) is 0 Å². The van der Waals surface area contributed by atoms with Crippen molar-refractivity contribution in [3.8, 4) is 0 Å². The molecule has 1 aliphatic rings. The largest absolute Gasteiger partial charge is 0.384 e. The molecule has 3 N–H and O–H groups in total. The lowest BCUT2D eigenvalue weighted by molar-refractivity contribution is -0.136. The number of carbonyl (C=O) groups excluding carboxylic acids is 2. The lowest BCUT2D eigenvalue weighted by Gasteiger charge is -2.35. The topological polar surface area (TPSA) is 79.5 Å². The Balaban J connectivity index is 0.00000312. The monoisotopic (exact) mass is 433 g/mol. The predicted molar refractivity (Wildman–Crippen MR) is 103 cm³/mol. The van der Waals surface area contributed by atoms with Gasteiger partial charge in [-0.3, -0.25) is 9.59 Å². The van der Waals surface area contributed by atoms with Crippen molar-refractivity contribution < 1.29 is 14.3 Å². The standard InChI is InChI=1S/C17H24BrN3O3.ClH/c1-24-12-17(5-7-19-8-6-17)16(23)21-10-9-20-15(22)13-3-2-4-14(18)11-13;/h2-4,11,19H,5-10,12H2,1H3,(H,20,22)(H,21,23);1H. The van der Waals surface area contributed by atoms with E-state index < -0.39 is 5.41 Å². The van der Waals surface area contributed by atoms with Crippen LogP contribution in [0.4, 0.5) is 0 Å². The van der Waals surface area contributed by atoms with Crippen LogP contribution >= 0.6 is 28.3 Å². The van der Waals surface area contributed by atoms with Crippen LogP contribution in [0.15, 0.2) is 28.7 Å². The molecule has 0 bridgehead atoms. The van der Waals surface area contributed by atoms with Gasteiger partial charge >= 0.3 is 0 Å². The summed E-state index contributed by atoms with van der Waals surface area (Å²) in [6.45, 7) is 2.84. The van der Waals surface area contributed by atoms with E-state index in [-0.39, 0.29) is 24.2 Å². The van der Waals surface area contributed by atoms with Crippen molar-refractivity contribution in [2.75, 3.05) is 39.9 Å². The summed E-state index contributed by atoms with van der Waals surface area (Å²) in [6.07, 6.45) is 1.52. The first-order chi connectivity index (χ1) is 11.6. The van der Waals surface area contributed by atoms with E-state index >= 15 is 0 Å². The Bertz CT molecular complexity index is 575. The number of ether oxygens (including phenoxy) is 1. The summed E-state index contributed by atoms with van der Waals surface area (Å²) in [4.78, 5) is 24.6. The summed E-state index contributed by atoms with van der Waals surface area (Å²) in [5, 5.41) is 9.00. The molecule has 0 aliphatic carbocycles. The second-order valence-electron chi connectivity index (χ2n) is 5.99. The molecule has 1 fully saturated rings. The fourth-order valence-electron chi connectivity index (χ4n) is 2.89. The van der Waals surface area contributed by atoms with Gasteiger partial charge in [-0.25, -0.2) is 0 Å². The maximum atomic E-state index is 12.5. The smallest absolute Gasteiger partial charge is 0.251 e. The van der Waals surface area contributed by atoms with Crippen LogP contribution in [0.2, 0.25) is 0 Å². The SMILES string of the molecule is COCC1(C(=O)NCCNC(=O)c2cccc(Br)c2)CCNCC1.Cl. The van der Waals surface area contributed by atoms with Crippen LogP contribution in [0.5, 0.6) is 0 Å². The van der Waals surface area contributed by atoms with Crippen molar-refractivity contribution in [2.45, 2.75) is 12.8 Å². The lowest BCUT2D eigenvalue weighted by atomic mass is 9.78. The third-order valence-corrected chi connectivity index (χ3v) is 4.74. The third kappa shape index (κ3) is 6.26. The fourth-order valence-corrected chi connectivity index (χ4v) is 3.29. The van der Waals surface area contributed by atoms with Gasteiger partial charge in [0, 0.05) is 30.2 Å².